The van der Waals surface area contributed by atoms with Gasteiger partial charge in [0.1, 0.15) is 5.01 Å². The van der Waals surface area contributed by atoms with E-state index in [2.05, 4.69) is 45.0 Å². The van der Waals surface area contributed by atoms with Gasteiger partial charge >= 0.3 is 0 Å². The van der Waals surface area contributed by atoms with Crippen LogP contribution in [0.2, 0.25) is 0 Å². The summed E-state index contributed by atoms with van der Waals surface area (Å²) in [6.45, 7) is 3.27. The first-order valence-electron chi connectivity index (χ1n) is 8.20. The van der Waals surface area contributed by atoms with Crippen molar-refractivity contribution in [2.45, 2.75) is 19.8 Å². The number of rotatable bonds is 7. The van der Waals surface area contributed by atoms with Crippen LogP contribution in [0.15, 0.2) is 42.5 Å². The molecular formula is C19H19IN2O2S. The van der Waals surface area contributed by atoms with Crippen molar-refractivity contribution in [3.05, 3.63) is 46.0 Å². The molecule has 0 atom stereocenters. The fourth-order valence-corrected chi connectivity index (χ4v) is 4.13. The molecule has 0 unspecified atom stereocenters. The normalized spacial score (nSPS) is 11.0. The molecular weight excluding hydrogens is 447 g/mol. The first-order valence-corrected chi connectivity index (χ1v) is 10.1. The first kappa shape index (κ1) is 18.3. The zero-order valence-corrected chi connectivity index (χ0v) is 16.9. The van der Waals surface area contributed by atoms with Gasteiger partial charge in [-0.3, -0.25) is 4.79 Å². The predicted molar refractivity (Wildman–Crippen MR) is 112 cm³/mol. The standard InChI is InChI=1S/C19H19IN2O2S/c1-2-24-11-3-4-18(23)21-15-8-5-13(6-9-15)19-22-16-10-7-14(20)12-17(16)25-19/h5-10,12H,2-4,11H2,1H3,(H,21,23). The monoisotopic (exact) mass is 466 g/mol. The van der Waals surface area contributed by atoms with Crippen molar-refractivity contribution in [3.63, 3.8) is 0 Å². The van der Waals surface area contributed by atoms with Gasteiger partial charge in [0.05, 0.1) is 10.2 Å². The third-order valence-corrected chi connectivity index (χ3v) is 5.40. The largest absolute Gasteiger partial charge is 0.382 e. The second-order valence-corrected chi connectivity index (χ2v) is 7.83. The van der Waals surface area contributed by atoms with E-state index in [-0.39, 0.29) is 5.91 Å². The molecule has 0 saturated heterocycles. The molecule has 1 heterocycles. The third-order valence-electron chi connectivity index (χ3n) is 3.66. The number of benzene rings is 2. The summed E-state index contributed by atoms with van der Waals surface area (Å²) in [6, 6.07) is 14.1. The number of amides is 1. The highest BCUT2D eigenvalue weighted by Gasteiger charge is 2.08. The Labute approximate surface area is 164 Å². The van der Waals surface area contributed by atoms with Crippen LogP contribution < -0.4 is 5.32 Å². The number of anilines is 1. The molecule has 0 aliphatic heterocycles. The maximum Gasteiger partial charge on any atom is 0.224 e. The smallest absolute Gasteiger partial charge is 0.224 e. The Morgan fingerprint density at radius 2 is 2.04 bits per heavy atom. The van der Waals surface area contributed by atoms with Crippen molar-refractivity contribution >= 4 is 55.7 Å². The Bertz CT molecular complexity index is 861. The van der Waals surface area contributed by atoms with Gasteiger partial charge in [-0.1, -0.05) is 0 Å². The van der Waals surface area contributed by atoms with Crippen LogP contribution in [0.3, 0.4) is 0 Å². The summed E-state index contributed by atoms with van der Waals surface area (Å²) in [5.41, 5.74) is 2.89. The number of hydrogen-bond donors (Lipinski definition) is 1. The number of fused-ring (bicyclic) bond motifs is 1. The molecule has 6 heteroatoms. The quantitative estimate of drug-likeness (QED) is 0.379. The number of hydrogen-bond acceptors (Lipinski definition) is 4. The van der Waals surface area contributed by atoms with Gasteiger partial charge in [-0.2, -0.15) is 0 Å². The van der Waals surface area contributed by atoms with Crippen molar-refractivity contribution < 1.29 is 9.53 Å². The lowest BCUT2D eigenvalue weighted by atomic mass is 10.2. The average molecular weight is 466 g/mol. The zero-order chi connectivity index (χ0) is 17.6. The van der Waals surface area contributed by atoms with E-state index in [0.717, 1.165) is 28.2 Å². The van der Waals surface area contributed by atoms with Gasteiger partial charge in [0.2, 0.25) is 5.91 Å². The predicted octanol–water partition coefficient (Wildman–Crippen LogP) is 5.32. The van der Waals surface area contributed by atoms with Gasteiger partial charge in [0, 0.05) is 34.5 Å². The second-order valence-electron chi connectivity index (χ2n) is 5.56. The van der Waals surface area contributed by atoms with Crippen LogP contribution in [-0.2, 0) is 9.53 Å². The first-order chi connectivity index (χ1) is 12.2. The van der Waals surface area contributed by atoms with Gasteiger partial charge in [-0.15, -0.1) is 11.3 Å². The number of aromatic nitrogens is 1. The van der Waals surface area contributed by atoms with Crippen LogP contribution in [0.5, 0.6) is 0 Å². The molecule has 0 radical (unpaired) electrons. The SMILES string of the molecule is CCOCCCC(=O)Nc1ccc(-c2nc3ccc(I)cc3s2)cc1. The number of nitrogens with one attached hydrogen (secondary N) is 1. The van der Waals surface area contributed by atoms with Crippen molar-refractivity contribution in [3.8, 4) is 10.6 Å². The average Bonchev–Trinajstić information content (AvgIpc) is 3.02. The van der Waals surface area contributed by atoms with E-state index in [1.165, 1.54) is 8.27 Å². The number of carbonyl (C=O) groups excluding carboxylic acids is 1. The summed E-state index contributed by atoms with van der Waals surface area (Å²) >= 11 is 3.99. The maximum absolute atomic E-state index is 11.9. The minimum Gasteiger partial charge on any atom is -0.382 e. The lowest BCUT2D eigenvalue weighted by Crippen LogP contribution is -2.12. The minimum absolute atomic E-state index is 0.0158. The fraction of sp³-hybridized carbons (Fsp3) is 0.263. The van der Waals surface area contributed by atoms with E-state index >= 15 is 0 Å². The highest BCUT2D eigenvalue weighted by Crippen LogP contribution is 2.31. The Morgan fingerprint density at radius 3 is 2.80 bits per heavy atom. The summed E-state index contributed by atoms with van der Waals surface area (Å²) in [5.74, 6) is 0.0158. The summed E-state index contributed by atoms with van der Waals surface area (Å²) in [6.07, 6.45) is 1.21. The van der Waals surface area contributed by atoms with Gasteiger partial charge in [0.25, 0.3) is 0 Å². The van der Waals surface area contributed by atoms with E-state index in [9.17, 15) is 4.79 Å². The van der Waals surface area contributed by atoms with Crippen LogP contribution in [0.4, 0.5) is 5.69 Å². The minimum atomic E-state index is 0.0158. The molecule has 0 bridgehead atoms. The molecule has 130 valence electrons. The highest BCUT2D eigenvalue weighted by molar-refractivity contribution is 14.1. The van der Waals surface area contributed by atoms with Crippen LogP contribution in [0.25, 0.3) is 20.8 Å². The highest BCUT2D eigenvalue weighted by atomic mass is 127. The van der Waals surface area contributed by atoms with Gasteiger partial charge in [-0.05, 0) is 78.4 Å². The Morgan fingerprint density at radius 1 is 1.24 bits per heavy atom. The topological polar surface area (TPSA) is 51.2 Å². The van der Waals surface area contributed by atoms with Crippen molar-refractivity contribution in [1.29, 1.82) is 0 Å². The lowest BCUT2D eigenvalue weighted by Gasteiger charge is -2.06. The number of halogens is 1. The second kappa shape index (κ2) is 8.73. The molecule has 0 aliphatic carbocycles. The molecule has 4 nitrogen and oxygen atoms in total. The van der Waals surface area contributed by atoms with Gasteiger partial charge < -0.3 is 10.1 Å². The van der Waals surface area contributed by atoms with Crippen molar-refractivity contribution in [2.24, 2.45) is 0 Å². The molecule has 3 rings (SSSR count). The summed E-state index contributed by atoms with van der Waals surface area (Å²) < 4.78 is 7.64. The van der Waals surface area contributed by atoms with Crippen molar-refractivity contribution in [1.82, 2.24) is 4.98 Å². The molecule has 0 spiro atoms. The molecule has 2 aromatic carbocycles. The van der Waals surface area contributed by atoms with Crippen LogP contribution in [0.1, 0.15) is 19.8 Å². The van der Waals surface area contributed by atoms with E-state index < -0.39 is 0 Å². The van der Waals surface area contributed by atoms with Crippen LogP contribution in [-0.4, -0.2) is 24.1 Å². The van der Waals surface area contributed by atoms with E-state index in [0.29, 0.717) is 19.6 Å². The van der Waals surface area contributed by atoms with Crippen LogP contribution >= 0.6 is 33.9 Å². The Balaban J connectivity index is 1.64. The Hall–Kier alpha value is -1.51. The Kier molecular flexibility index (Phi) is 6.39. The van der Waals surface area contributed by atoms with Crippen LogP contribution in [0, 0.1) is 3.57 Å². The number of thiazole rings is 1. The van der Waals surface area contributed by atoms with E-state index in [4.69, 9.17) is 4.74 Å². The lowest BCUT2D eigenvalue weighted by molar-refractivity contribution is -0.116. The van der Waals surface area contributed by atoms with E-state index in [1.54, 1.807) is 11.3 Å². The molecule has 1 N–H and O–H groups in total. The zero-order valence-electron chi connectivity index (χ0n) is 13.9. The third kappa shape index (κ3) is 4.99. The molecule has 1 aromatic heterocycles. The summed E-state index contributed by atoms with van der Waals surface area (Å²) in [4.78, 5) is 16.6. The molecule has 0 fully saturated rings. The molecule has 1 amide bonds. The molecule has 0 aliphatic rings. The maximum atomic E-state index is 11.9. The number of nitrogens with zero attached hydrogens (tertiary/aromatic N) is 1. The number of ether oxygens (including phenoxy) is 1. The fourth-order valence-electron chi connectivity index (χ4n) is 2.42. The molecule has 0 saturated carbocycles. The van der Waals surface area contributed by atoms with Gasteiger partial charge in [0.15, 0.2) is 0 Å². The number of carbonyl (C=O) groups is 1. The van der Waals surface area contributed by atoms with E-state index in [1.807, 2.05) is 37.3 Å². The van der Waals surface area contributed by atoms with Crippen molar-refractivity contribution in [2.75, 3.05) is 18.5 Å². The summed E-state index contributed by atoms with van der Waals surface area (Å²) in [5, 5.41) is 3.91. The van der Waals surface area contributed by atoms with Gasteiger partial charge in [-0.25, -0.2) is 4.98 Å². The summed E-state index contributed by atoms with van der Waals surface area (Å²) in [7, 11) is 0. The molecule has 3 aromatic rings. The molecule has 25 heavy (non-hydrogen) atoms.